The van der Waals surface area contributed by atoms with Crippen LogP contribution in [0.3, 0.4) is 0 Å². The van der Waals surface area contributed by atoms with Crippen LogP contribution < -0.4 is 0 Å². The third-order valence-corrected chi connectivity index (χ3v) is 10.8. The molecule has 8 aromatic carbocycles. The van der Waals surface area contributed by atoms with Crippen LogP contribution in [-0.2, 0) is 0 Å². The molecule has 53 heavy (non-hydrogen) atoms. The van der Waals surface area contributed by atoms with E-state index in [1.165, 1.54) is 76.8 Å². The van der Waals surface area contributed by atoms with Gasteiger partial charge in [0, 0.05) is 50.2 Å². The van der Waals surface area contributed by atoms with Crippen LogP contribution in [0.2, 0.25) is 0 Å². The van der Waals surface area contributed by atoms with Crippen molar-refractivity contribution in [2.75, 3.05) is 0 Å². The zero-order valence-electron chi connectivity index (χ0n) is 28.9. The molecular weight excluding hydrogens is 643 g/mol. The van der Waals surface area contributed by atoms with Crippen molar-refractivity contribution in [2.45, 2.75) is 0 Å². The van der Waals surface area contributed by atoms with Crippen molar-refractivity contribution >= 4 is 54.5 Å². The van der Waals surface area contributed by atoms with Crippen molar-refractivity contribution < 1.29 is 0 Å². The van der Waals surface area contributed by atoms with Gasteiger partial charge >= 0.3 is 0 Å². The molecule has 0 spiro atoms. The topological polar surface area (TPSA) is 14.8 Å². The van der Waals surface area contributed by atoms with Gasteiger partial charge in [0.25, 0.3) is 0 Å². The van der Waals surface area contributed by atoms with Crippen molar-refractivity contribution in [3.63, 3.8) is 0 Å². The van der Waals surface area contributed by atoms with E-state index in [0.29, 0.717) is 0 Å². The highest BCUT2D eigenvalue weighted by Crippen LogP contribution is 2.40. The minimum Gasteiger partial charge on any atom is -0.316 e. The Labute approximate surface area is 306 Å². The number of fused-ring (bicyclic) bond motifs is 8. The number of hydrogen-bond donors (Lipinski definition) is 0. The van der Waals surface area contributed by atoms with Crippen LogP contribution in [0.1, 0.15) is 0 Å². The van der Waals surface area contributed by atoms with E-state index in [1.807, 2.05) is 0 Å². The smallest absolute Gasteiger partial charge is 0.0635 e. The summed E-state index contributed by atoms with van der Waals surface area (Å²) in [6.07, 6.45) is 2.24. The van der Waals surface area contributed by atoms with Crippen molar-refractivity contribution in [3.05, 3.63) is 200 Å². The number of nitrogens with zero attached hydrogens (tertiary/aromatic N) is 3. The van der Waals surface area contributed by atoms with Gasteiger partial charge in [-0.15, -0.1) is 0 Å². The summed E-state index contributed by atoms with van der Waals surface area (Å²) in [5.74, 6) is 0. The molecule has 0 unspecified atom stereocenters. The number of benzene rings is 8. The molecule has 0 aliphatic rings. The third-order valence-electron chi connectivity index (χ3n) is 10.8. The van der Waals surface area contributed by atoms with Gasteiger partial charge in [0.15, 0.2) is 0 Å². The van der Waals surface area contributed by atoms with Crippen LogP contribution >= 0.6 is 0 Å². The first kappa shape index (κ1) is 29.6. The summed E-state index contributed by atoms with van der Waals surface area (Å²) in [5.41, 5.74) is 14.2. The molecule has 0 saturated carbocycles. The first-order chi connectivity index (χ1) is 26.3. The summed E-state index contributed by atoms with van der Waals surface area (Å²) in [6.45, 7) is 0. The summed E-state index contributed by atoms with van der Waals surface area (Å²) in [4.78, 5) is 0. The Kier molecular flexibility index (Phi) is 6.55. The van der Waals surface area contributed by atoms with Crippen molar-refractivity contribution in [1.29, 1.82) is 0 Å². The van der Waals surface area contributed by atoms with Gasteiger partial charge < -0.3 is 13.7 Å². The number of aromatic nitrogens is 3. The largest absolute Gasteiger partial charge is 0.316 e. The summed E-state index contributed by atoms with van der Waals surface area (Å²) < 4.78 is 7.22. The van der Waals surface area contributed by atoms with E-state index in [1.54, 1.807) is 0 Å². The molecule has 3 heteroatoms. The maximum atomic E-state index is 2.44. The molecule has 11 rings (SSSR count). The fourth-order valence-corrected chi connectivity index (χ4v) is 8.47. The maximum Gasteiger partial charge on any atom is 0.0635 e. The van der Waals surface area contributed by atoms with Crippen LogP contribution in [0, 0.1) is 0 Å². The number of para-hydroxylation sites is 3. The Hall–Kier alpha value is -7.10. The molecule has 0 saturated heterocycles. The van der Waals surface area contributed by atoms with Gasteiger partial charge in [0.05, 0.1) is 27.6 Å². The normalized spacial score (nSPS) is 11.8. The quantitative estimate of drug-likeness (QED) is 0.172. The van der Waals surface area contributed by atoms with Crippen molar-refractivity contribution in [3.8, 4) is 39.3 Å². The van der Waals surface area contributed by atoms with Crippen LogP contribution in [0.25, 0.3) is 93.8 Å². The highest BCUT2D eigenvalue weighted by molar-refractivity contribution is 6.18. The molecular formula is C50H33N3. The van der Waals surface area contributed by atoms with Gasteiger partial charge in [0.1, 0.15) is 0 Å². The standard InChI is InChI=1S/C50H33N3/c1-4-14-34(15-5-1)36-24-26-49-45(32-36)42-21-11-12-22-47(42)52(49)40-31-37(35-16-6-2-7-17-35)30-39(33-40)51-29-28-44-46(51)27-25-43-41-20-10-13-23-48(41)53(50(43)44)38-18-8-3-9-19-38/h1-33H. The molecule has 0 atom stereocenters. The molecule has 3 heterocycles. The van der Waals surface area contributed by atoms with Gasteiger partial charge in [-0.25, -0.2) is 0 Å². The second-order valence-corrected chi connectivity index (χ2v) is 13.8. The van der Waals surface area contributed by atoms with E-state index >= 15 is 0 Å². The Morgan fingerprint density at radius 1 is 0.264 bits per heavy atom. The average Bonchev–Trinajstić information content (AvgIpc) is 3.92. The molecule has 11 aromatic rings. The van der Waals surface area contributed by atoms with Gasteiger partial charge in [-0.05, 0) is 89.0 Å². The van der Waals surface area contributed by atoms with Crippen LogP contribution in [-0.4, -0.2) is 13.7 Å². The van der Waals surface area contributed by atoms with Gasteiger partial charge in [-0.2, -0.15) is 0 Å². The van der Waals surface area contributed by atoms with Crippen molar-refractivity contribution in [1.82, 2.24) is 13.7 Å². The molecule has 0 radical (unpaired) electrons. The van der Waals surface area contributed by atoms with Gasteiger partial charge in [0.2, 0.25) is 0 Å². The zero-order valence-corrected chi connectivity index (χ0v) is 28.9. The fraction of sp³-hybridized carbons (Fsp3) is 0. The molecule has 0 aliphatic carbocycles. The highest BCUT2D eigenvalue weighted by atomic mass is 15.0. The molecule has 248 valence electrons. The predicted octanol–water partition coefficient (Wildman–Crippen LogP) is 13.2. The van der Waals surface area contributed by atoms with E-state index in [9.17, 15) is 0 Å². The number of hydrogen-bond acceptors (Lipinski definition) is 0. The van der Waals surface area contributed by atoms with Crippen LogP contribution in [0.5, 0.6) is 0 Å². The second kappa shape index (κ2) is 11.7. The molecule has 0 bridgehead atoms. The third kappa shape index (κ3) is 4.61. The molecule has 0 fully saturated rings. The summed E-state index contributed by atoms with van der Waals surface area (Å²) in [7, 11) is 0. The van der Waals surface area contributed by atoms with E-state index in [4.69, 9.17) is 0 Å². The lowest BCUT2D eigenvalue weighted by atomic mass is 10.0. The van der Waals surface area contributed by atoms with E-state index in [-0.39, 0.29) is 0 Å². The lowest BCUT2D eigenvalue weighted by molar-refractivity contribution is 1.10. The van der Waals surface area contributed by atoms with E-state index in [0.717, 1.165) is 17.1 Å². The zero-order chi connectivity index (χ0) is 34.9. The first-order valence-electron chi connectivity index (χ1n) is 18.2. The van der Waals surface area contributed by atoms with Gasteiger partial charge in [-0.3, -0.25) is 0 Å². The molecule has 0 amide bonds. The highest BCUT2D eigenvalue weighted by Gasteiger charge is 2.19. The van der Waals surface area contributed by atoms with E-state index < -0.39 is 0 Å². The van der Waals surface area contributed by atoms with Crippen LogP contribution in [0.15, 0.2) is 200 Å². The monoisotopic (exact) mass is 675 g/mol. The fourth-order valence-electron chi connectivity index (χ4n) is 8.47. The maximum absolute atomic E-state index is 2.44. The molecule has 3 nitrogen and oxygen atoms in total. The Bertz CT molecular complexity index is 3150. The van der Waals surface area contributed by atoms with Gasteiger partial charge in [-0.1, -0.05) is 127 Å². The average molecular weight is 676 g/mol. The Balaban J connectivity index is 1.17. The Morgan fingerprint density at radius 3 is 1.57 bits per heavy atom. The second-order valence-electron chi connectivity index (χ2n) is 13.8. The molecule has 0 N–H and O–H groups in total. The summed E-state index contributed by atoms with van der Waals surface area (Å²) in [6, 6.07) is 70.5. The minimum absolute atomic E-state index is 1.12. The SMILES string of the molecule is c1ccc(-c2cc(-n3ccc4c3ccc3c5ccccc5n(-c5ccccc5)c34)cc(-n3c4ccccc4c4cc(-c5ccccc5)ccc43)c2)cc1. The predicted molar refractivity (Wildman–Crippen MR) is 223 cm³/mol. The summed E-state index contributed by atoms with van der Waals surface area (Å²) >= 11 is 0. The lowest BCUT2D eigenvalue weighted by Gasteiger charge is -2.15. The lowest BCUT2D eigenvalue weighted by Crippen LogP contribution is -1.99. The van der Waals surface area contributed by atoms with E-state index in [2.05, 4.69) is 214 Å². The Morgan fingerprint density at radius 2 is 0.830 bits per heavy atom. The van der Waals surface area contributed by atoms with Crippen LogP contribution in [0.4, 0.5) is 0 Å². The minimum atomic E-state index is 1.12. The first-order valence-corrected chi connectivity index (χ1v) is 18.2. The molecule has 3 aromatic heterocycles. The molecule has 0 aliphatic heterocycles. The van der Waals surface area contributed by atoms with Crippen molar-refractivity contribution in [2.24, 2.45) is 0 Å². The summed E-state index contributed by atoms with van der Waals surface area (Å²) in [5, 5.41) is 6.23. The number of rotatable bonds is 5.